The van der Waals surface area contributed by atoms with Gasteiger partial charge in [0.05, 0.1) is 28.5 Å². The number of ether oxygens (including phenoxy) is 1. The molecule has 3 rings (SSSR count). The Bertz CT molecular complexity index is 969. The molecule has 11 nitrogen and oxygen atoms in total. The predicted molar refractivity (Wildman–Crippen MR) is 94.9 cm³/mol. The standard InChI is InChI=1S/C13H10ClF3N8O3S/c1-25-12(21-23-24-25)20-10(26)5-2-3-7(28-13(15,16)17)9(8(5)14)19-11(27)6-4-18-29-22-6/h2-4,23-24H,1H3,(H,19,27)(H,20,21,26). The molecule has 4 N–H and O–H groups in total. The molecule has 29 heavy (non-hydrogen) atoms. The number of benzene rings is 1. The lowest BCUT2D eigenvalue weighted by atomic mass is 10.1. The molecule has 0 radical (unpaired) electrons. The molecule has 2 aromatic rings. The maximum Gasteiger partial charge on any atom is 0.573 e. The predicted octanol–water partition coefficient (Wildman–Crippen LogP) is 1.30. The molecule has 1 aromatic carbocycles. The number of amides is 2. The van der Waals surface area contributed by atoms with Crippen LogP contribution in [0.2, 0.25) is 5.02 Å². The van der Waals surface area contributed by atoms with Crippen molar-refractivity contribution in [2.24, 2.45) is 5.10 Å². The summed E-state index contributed by atoms with van der Waals surface area (Å²) < 4.78 is 49.4. The topological polar surface area (TPSA) is 133 Å². The van der Waals surface area contributed by atoms with Gasteiger partial charge in [0.15, 0.2) is 11.4 Å². The number of anilines is 1. The number of alkyl halides is 3. The Balaban J connectivity index is 1.94. The zero-order valence-electron chi connectivity index (χ0n) is 14.2. The smallest absolute Gasteiger partial charge is 0.404 e. The van der Waals surface area contributed by atoms with Crippen molar-refractivity contribution in [3.8, 4) is 5.75 Å². The summed E-state index contributed by atoms with van der Waals surface area (Å²) in [6.07, 6.45) is -3.95. The second kappa shape index (κ2) is 8.06. The van der Waals surface area contributed by atoms with Gasteiger partial charge in [-0.15, -0.1) is 23.8 Å². The zero-order valence-corrected chi connectivity index (χ0v) is 15.7. The molecule has 1 aliphatic rings. The average Bonchev–Trinajstić information content (AvgIpc) is 3.29. The fourth-order valence-electron chi connectivity index (χ4n) is 2.06. The number of halogens is 4. The van der Waals surface area contributed by atoms with Crippen LogP contribution in [-0.2, 0) is 0 Å². The largest absolute Gasteiger partial charge is 0.573 e. The summed E-state index contributed by atoms with van der Waals surface area (Å²) in [6.45, 7) is 0. The second-order valence-electron chi connectivity index (χ2n) is 5.27. The normalized spacial score (nSPS) is 13.6. The summed E-state index contributed by atoms with van der Waals surface area (Å²) in [5.74, 6) is -2.43. The van der Waals surface area contributed by atoms with Crippen LogP contribution in [0.25, 0.3) is 0 Å². The molecule has 1 aromatic heterocycles. The van der Waals surface area contributed by atoms with Crippen LogP contribution >= 0.6 is 23.3 Å². The molecule has 16 heteroatoms. The molecule has 0 bridgehead atoms. The van der Waals surface area contributed by atoms with E-state index in [4.69, 9.17) is 11.6 Å². The Morgan fingerprint density at radius 1 is 1.28 bits per heavy atom. The number of hydrazine groups is 2. The van der Waals surface area contributed by atoms with Crippen LogP contribution in [0.3, 0.4) is 0 Å². The number of nitrogens with zero attached hydrogens (tertiary/aromatic N) is 4. The van der Waals surface area contributed by atoms with Gasteiger partial charge in [-0.05, 0) is 12.1 Å². The quantitative estimate of drug-likeness (QED) is 0.548. The van der Waals surface area contributed by atoms with E-state index >= 15 is 0 Å². The van der Waals surface area contributed by atoms with Crippen molar-refractivity contribution in [1.82, 2.24) is 30.1 Å². The molecule has 2 amide bonds. The summed E-state index contributed by atoms with van der Waals surface area (Å²) in [5.41, 5.74) is 3.97. The average molecular weight is 451 g/mol. The SMILES string of the molecule is CN1NNN=C1NC(=O)c1ccc(OC(F)(F)F)c(NC(=O)c2cnsn2)c1Cl. The van der Waals surface area contributed by atoms with Gasteiger partial charge >= 0.3 is 6.36 Å². The van der Waals surface area contributed by atoms with Crippen molar-refractivity contribution < 1.29 is 27.5 Å². The number of rotatable bonds is 4. The molecule has 0 unspecified atom stereocenters. The van der Waals surface area contributed by atoms with Gasteiger partial charge < -0.3 is 10.1 Å². The third kappa shape index (κ3) is 4.82. The van der Waals surface area contributed by atoms with Crippen LogP contribution in [0.15, 0.2) is 23.4 Å². The van der Waals surface area contributed by atoms with Gasteiger partial charge in [0.2, 0.25) is 5.96 Å². The van der Waals surface area contributed by atoms with Gasteiger partial charge in [-0.1, -0.05) is 11.6 Å². The summed E-state index contributed by atoms with van der Waals surface area (Å²) >= 11 is 6.85. The summed E-state index contributed by atoms with van der Waals surface area (Å²) in [4.78, 5) is 24.7. The molecule has 154 valence electrons. The molecule has 0 saturated carbocycles. The number of guanidine groups is 1. The van der Waals surface area contributed by atoms with Crippen LogP contribution < -0.4 is 26.4 Å². The Kier molecular flexibility index (Phi) is 5.71. The van der Waals surface area contributed by atoms with Crippen molar-refractivity contribution in [3.05, 3.63) is 34.6 Å². The van der Waals surface area contributed by atoms with E-state index in [1.165, 1.54) is 12.1 Å². The van der Waals surface area contributed by atoms with Crippen LogP contribution in [0, 0.1) is 0 Å². The van der Waals surface area contributed by atoms with Crippen LogP contribution in [0.1, 0.15) is 20.8 Å². The first-order chi connectivity index (χ1) is 13.7. The number of aromatic nitrogens is 2. The lowest BCUT2D eigenvalue weighted by Gasteiger charge is -2.17. The maximum atomic E-state index is 12.7. The van der Waals surface area contributed by atoms with E-state index in [-0.39, 0.29) is 17.2 Å². The van der Waals surface area contributed by atoms with Crippen molar-refractivity contribution in [3.63, 3.8) is 0 Å². The van der Waals surface area contributed by atoms with E-state index in [0.717, 1.165) is 30.1 Å². The first kappa shape index (κ1) is 20.6. The van der Waals surface area contributed by atoms with Gasteiger partial charge in [-0.3, -0.25) is 19.9 Å². The van der Waals surface area contributed by atoms with Gasteiger partial charge in [0.1, 0.15) is 5.69 Å². The van der Waals surface area contributed by atoms with Gasteiger partial charge in [0.25, 0.3) is 11.8 Å². The first-order valence-corrected chi connectivity index (χ1v) is 8.57. The molecule has 1 aliphatic heterocycles. The second-order valence-corrected chi connectivity index (χ2v) is 6.20. The van der Waals surface area contributed by atoms with Crippen LogP contribution in [0.4, 0.5) is 18.9 Å². The van der Waals surface area contributed by atoms with Crippen molar-refractivity contribution >= 4 is 46.8 Å². The minimum Gasteiger partial charge on any atom is -0.404 e. The molecule has 0 atom stereocenters. The van der Waals surface area contributed by atoms with Gasteiger partial charge in [0, 0.05) is 7.05 Å². The summed E-state index contributed by atoms with van der Waals surface area (Å²) in [6, 6.07) is 1.86. The molecular formula is C13H10ClF3N8O3S. The van der Waals surface area contributed by atoms with Gasteiger partial charge in [-0.25, -0.2) is 5.53 Å². The molecular weight excluding hydrogens is 441 g/mol. The molecule has 2 heterocycles. The minimum atomic E-state index is -5.06. The van der Waals surface area contributed by atoms with Gasteiger partial charge in [-0.2, -0.15) is 8.75 Å². The Morgan fingerprint density at radius 3 is 2.62 bits per heavy atom. The van der Waals surface area contributed by atoms with Crippen LogP contribution in [0.5, 0.6) is 5.75 Å². The monoisotopic (exact) mass is 450 g/mol. The summed E-state index contributed by atoms with van der Waals surface area (Å²) in [7, 11) is 1.54. The Hall–Kier alpha value is -3.17. The highest BCUT2D eigenvalue weighted by molar-refractivity contribution is 6.99. The molecule has 0 spiro atoms. The van der Waals surface area contributed by atoms with Crippen molar-refractivity contribution in [1.29, 1.82) is 0 Å². The van der Waals surface area contributed by atoms with E-state index in [1.807, 2.05) is 0 Å². The third-order valence-corrected chi connectivity index (χ3v) is 4.20. The molecule has 0 fully saturated rings. The highest BCUT2D eigenvalue weighted by Gasteiger charge is 2.34. The number of carbonyl (C=O) groups is 2. The van der Waals surface area contributed by atoms with E-state index in [2.05, 4.69) is 40.3 Å². The lowest BCUT2D eigenvalue weighted by Crippen LogP contribution is -2.45. The molecule has 0 aliphatic carbocycles. The maximum absolute atomic E-state index is 12.7. The lowest BCUT2D eigenvalue weighted by molar-refractivity contribution is -0.274. The van der Waals surface area contributed by atoms with E-state index < -0.39 is 34.6 Å². The Labute approximate surface area is 169 Å². The number of hydrazone groups is 1. The number of hydrogen-bond donors (Lipinski definition) is 4. The molecule has 0 saturated heterocycles. The number of carbonyl (C=O) groups excluding carboxylic acids is 2. The fourth-order valence-corrected chi connectivity index (χ4v) is 2.77. The first-order valence-electron chi connectivity index (χ1n) is 7.46. The highest BCUT2D eigenvalue weighted by Crippen LogP contribution is 2.38. The highest BCUT2D eigenvalue weighted by atomic mass is 35.5. The third-order valence-electron chi connectivity index (χ3n) is 3.33. The van der Waals surface area contributed by atoms with Crippen molar-refractivity contribution in [2.45, 2.75) is 6.36 Å². The van der Waals surface area contributed by atoms with Crippen molar-refractivity contribution in [2.75, 3.05) is 12.4 Å². The van der Waals surface area contributed by atoms with E-state index in [9.17, 15) is 22.8 Å². The fraction of sp³-hybridized carbons (Fsp3) is 0.154. The zero-order chi connectivity index (χ0) is 21.2. The number of hydrogen-bond acceptors (Lipinski definition) is 10. The van der Waals surface area contributed by atoms with E-state index in [0.29, 0.717) is 0 Å². The number of nitrogens with one attached hydrogen (secondary N) is 4. The van der Waals surface area contributed by atoms with Crippen LogP contribution in [-0.4, -0.2) is 44.9 Å². The summed E-state index contributed by atoms with van der Waals surface area (Å²) in [5, 5.41) is 9.13. The minimum absolute atomic E-state index is 0.0702. The Morgan fingerprint density at radius 2 is 2.03 bits per heavy atom. The van der Waals surface area contributed by atoms with E-state index in [1.54, 1.807) is 0 Å².